The summed E-state index contributed by atoms with van der Waals surface area (Å²) in [6.45, 7) is -0.443. The first-order valence-electron chi connectivity index (χ1n) is 7.33. The van der Waals surface area contributed by atoms with E-state index in [0.29, 0.717) is 11.3 Å². The van der Waals surface area contributed by atoms with Crippen molar-refractivity contribution >= 4 is 28.7 Å². The molecule has 0 amide bonds. The minimum Gasteiger partial charge on any atom is -0.507 e. The Morgan fingerprint density at radius 1 is 1.36 bits per heavy atom. The average molecular weight is 335 g/mol. The van der Waals surface area contributed by atoms with Crippen molar-refractivity contribution in [1.82, 2.24) is 9.97 Å². The van der Waals surface area contributed by atoms with Crippen LogP contribution in [0.5, 0.6) is 0 Å². The first-order valence-corrected chi connectivity index (χ1v) is 7.33. The maximum Gasteiger partial charge on any atom is 0.331 e. The van der Waals surface area contributed by atoms with Gasteiger partial charge >= 0.3 is 5.97 Å². The number of nitrogens with one attached hydrogen (secondary N) is 1. The maximum absolute atomic E-state index is 11.6. The Labute approximate surface area is 142 Å². The molecule has 0 aliphatic heterocycles. The minimum absolute atomic E-state index is 0.0842. The van der Waals surface area contributed by atoms with Gasteiger partial charge in [0.2, 0.25) is 0 Å². The van der Waals surface area contributed by atoms with E-state index in [4.69, 9.17) is 9.15 Å². The third-order valence-corrected chi connectivity index (χ3v) is 3.30. The van der Waals surface area contributed by atoms with Gasteiger partial charge in [-0.05, 0) is 30.3 Å². The van der Waals surface area contributed by atoms with Gasteiger partial charge in [0.1, 0.15) is 24.0 Å². The van der Waals surface area contributed by atoms with Gasteiger partial charge < -0.3 is 19.2 Å². The van der Waals surface area contributed by atoms with Gasteiger partial charge in [-0.15, -0.1) is 0 Å². The molecule has 0 atom stereocenters. The Morgan fingerprint density at radius 2 is 2.20 bits per heavy atom. The number of hydrogen-bond donors (Lipinski definition) is 2. The Balaban J connectivity index is 1.71. The Bertz CT molecular complexity index is 958. The second-order valence-corrected chi connectivity index (χ2v) is 4.99. The average Bonchev–Trinajstić information content (AvgIpc) is 3.28. The quantitative estimate of drug-likeness (QED) is 0.320. The molecule has 2 aromatic heterocycles. The van der Waals surface area contributed by atoms with Crippen molar-refractivity contribution in [3.63, 3.8) is 0 Å². The van der Waals surface area contributed by atoms with Crippen molar-refractivity contribution in [2.75, 3.05) is 6.61 Å². The Morgan fingerprint density at radius 3 is 2.92 bits per heavy atom. The number of ether oxygens (including phenoxy) is 1. The standard InChI is InChI=1S/C18H13N3O4/c19-10-13(18-20-14-5-1-2-6-15(14)21-18)16(22)11-25-17(23)8-7-12-4-3-9-24-12/h1-9,22H,11H2,(H,20,21). The van der Waals surface area contributed by atoms with E-state index in [9.17, 15) is 15.2 Å². The second kappa shape index (κ2) is 7.19. The number of aromatic amines is 1. The van der Waals surface area contributed by atoms with E-state index in [2.05, 4.69) is 9.97 Å². The van der Waals surface area contributed by atoms with Crippen LogP contribution >= 0.6 is 0 Å². The number of nitrogens with zero attached hydrogens (tertiary/aromatic N) is 2. The smallest absolute Gasteiger partial charge is 0.331 e. The van der Waals surface area contributed by atoms with Crippen molar-refractivity contribution in [2.45, 2.75) is 0 Å². The zero-order valence-corrected chi connectivity index (χ0v) is 13.0. The molecule has 0 fully saturated rings. The molecule has 7 nitrogen and oxygen atoms in total. The third-order valence-electron chi connectivity index (χ3n) is 3.30. The lowest BCUT2D eigenvalue weighted by Crippen LogP contribution is -2.06. The molecule has 0 spiro atoms. The predicted molar refractivity (Wildman–Crippen MR) is 90.0 cm³/mol. The first kappa shape index (κ1) is 16.1. The molecule has 0 unspecified atom stereocenters. The van der Waals surface area contributed by atoms with Crippen LogP contribution in [0.1, 0.15) is 11.6 Å². The van der Waals surface area contributed by atoms with Crippen LogP contribution < -0.4 is 0 Å². The molecule has 0 aliphatic rings. The lowest BCUT2D eigenvalue weighted by atomic mass is 10.2. The largest absolute Gasteiger partial charge is 0.507 e. The highest BCUT2D eigenvalue weighted by molar-refractivity contribution is 5.87. The molecule has 0 bridgehead atoms. The fraction of sp³-hybridized carbons (Fsp3) is 0.0556. The van der Waals surface area contributed by atoms with Gasteiger partial charge in [-0.3, -0.25) is 0 Å². The zero-order chi connectivity index (χ0) is 17.6. The van der Waals surface area contributed by atoms with E-state index in [0.717, 1.165) is 5.52 Å². The molecule has 2 N–H and O–H groups in total. The third kappa shape index (κ3) is 3.76. The van der Waals surface area contributed by atoms with Gasteiger partial charge in [-0.1, -0.05) is 12.1 Å². The predicted octanol–water partition coefficient (Wildman–Crippen LogP) is 3.21. The van der Waals surface area contributed by atoms with Crippen LogP contribution in [-0.2, 0) is 9.53 Å². The summed E-state index contributed by atoms with van der Waals surface area (Å²) in [4.78, 5) is 18.8. The van der Waals surface area contributed by atoms with Gasteiger partial charge in [0.15, 0.2) is 11.6 Å². The van der Waals surface area contributed by atoms with Crippen LogP contribution in [-0.4, -0.2) is 27.7 Å². The molecule has 0 aliphatic carbocycles. The van der Waals surface area contributed by atoms with Crippen LogP contribution in [0.2, 0.25) is 0 Å². The van der Waals surface area contributed by atoms with E-state index in [1.54, 1.807) is 24.3 Å². The summed E-state index contributed by atoms with van der Waals surface area (Å²) in [5, 5.41) is 19.3. The van der Waals surface area contributed by atoms with E-state index in [-0.39, 0.29) is 17.2 Å². The van der Waals surface area contributed by atoms with E-state index >= 15 is 0 Å². The molecule has 7 heteroatoms. The number of carbonyl (C=O) groups is 1. The summed E-state index contributed by atoms with van der Waals surface area (Å²) in [5.41, 5.74) is 1.31. The van der Waals surface area contributed by atoms with Crippen molar-refractivity contribution in [2.24, 2.45) is 0 Å². The molecule has 0 saturated heterocycles. The highest BCUT2D eigenvalue weighted by Gasteiger charge is 2.14. The lowest BCUT2D eigenvalue weighted by molar-refractivity contribution is -0.137. The van der Waals surface area contributed by atoms with Gasteiger partial charge in [0.05, 0.1) is 17.3 Å². The highest BCUT2D eigenvalue weighted by Crippen LogP contribution is 2.18. The van der Waals surface area contributed by atoms with Gasteiger partial charge in [0, 0.05) is 6.08 Å². The van der Waals surface area contributed by atoms with E-state index in [1.807, 2.05) is 18.2 Å². The van der Waals surface area contributed by atoms with Gasteiger partial charge in [0.25, 0.3) is 0 Å². The lowest BCUT2D eigenvalue weighted by Gasteiger charge is -2.03. The number of rotatable bonds is 5. The summed E-state index contributed by atoms with van der Waals surface area (Å²) in [7, 11) is 0. The van der Waals surface area contributed by atoms with E-state index in [1.165, 1.54) is 18.4 Å². The van der Waals surface area contributed by atoms with Crippen LogP contribution in [0.25, 0.3) is 22.7 Å². The number of hydrogen-bond acceptors (Lipinski definition) is 6. The molecule has 25 heavy (non-hydrogen) atoms. The van der Waals surface area contributed by atoms with Crippen LogP contribution in [0.15, 0.2) is 58.9 Å². The van der Waals surface area contributed by atoms with Crippen molar-refractivity contribution in [3.8, 4) is 6.07 Å². The van der Waals surface area contributed by atoms with Gasteiger partial charge in [-0.25, -0.2) is 9.78 Å². The molecule has 3 rings (SSSR count). The highest BCUT2D eigenvalue weighted by atomic mass is 16.5. The number of H-pyrrole nitrogens is 1. The molecular formula is C18H13N3O4. The number of aliphatic hydroxyl groups is 1. The number of para-hydroxylation sites is 2. The molecule has 0 radical (unpaired) electrons. The summed E-state index contributed by atoms with van der Waals surface area (Å²) in [6.07, 6.45) is 4.08. The molecule has 3 aromatic rings. The van der Waals surface area contributed by atoms with Crippen molar-refractivity contribution in [1.29, 1.82) is 5.26 Å². The number of benzene rings is 1. The van der Waals surface area contributed by atoms with Crippen molar-refractivity contribution in [3.05, 3.63) is 66.1 Å². The molecule has 124 valence electrons. The number of imidazole rings is 1. The number of furan rings is 1. The molecule has 2 heterocycles. The van der Waals surface area contributed by atoms with Crippen molar-refractivity contribution < 1.29 is 19.1 Å². The Kier molecular flexibility index (Phi) is 4.62. The number of nitriles is 1. The number of fused-ring (bicyclic) bond motifs is 1. The first-order chi connectivity index (χ1) is 12.2. The van der Waals surface area contributed by atoms with Crippen LogP contribution in [0, 0.1) is 11.3 Å². The molecule has 1 aromatic carbocycles. The minimum atomic E-state index is -0.676. The normalized spacial score (nSPS) is 12.1. The molecular weight excluding hydrogens is 322 g/mol. The number of aromatic nitrogens is 2. The maximum atomic E-state index is 11.6. The Hall–Kier alpha value is -3.79. The number of esters is 1. The van der Waals surface area contributed by atoms with Crippen LogP contribution in [0.3, 0.4) is 0 Å². The van der Waals surface area contributed by atoms with Gasteiger partial charge in [-0.2, -0.15) is 5.26 Å². The summed E-state index contributed by atoms with van der Waals surface area (Å²) >= 11 is 0. The number of allylic oxidation sites excluding steroid dienone is 1. The zero-order valence-electron chi connectivity index (χ0n) is 13.0. The molecule has 0 saturated carbocycles. The second-order valence-electron chi connectivity index (χ2n) is 4.99. The fourth-order valence-electron chi connectivity index (χ4n) is 2.12. The van der Waals surface area contributed by atoms with E-state index < -0.39 is 12.6 Å². The SMILES string of the molecule is N#CC(=C(O)COC(=O)C=Cc1ccco1)c1nc2ccccc2[nH]1. The summed E-state index contributed by atoms with van der Waals surface area (Å²) < 4.78 is 9.96. The monoisotopic (exact) mass is 335 g/mol. The number of carbonyl (C=O) groups excluding carboxylic acids is 1. The summed E-state index contributed by atoms with van der Waals surface area (Å²) in [6, 6.07) is 12.5. The summed E-state index contributed by atoms with van der Waals surface area (Å²) in [5.74, 6) is -0.355. The topological polar surface area (TPSA) is 112 Å². The fourth-order valence-corrected chi connectivity index (χ4v) is 2.12. The van der Waals surface area contributed by atoms with Crippen LogP contribution in [0.4, 0.5) is 0 Å². The number of aliphatic hydroxyl groups excluding tert-OH is 1.